The first-order chi connectivity index (χ1) is 13.7. The number of aliphatic hydroxyl groups is 1. The first-order valence-corrected chi connectivity index (χ1v) is 11.6. The number of aliphatic imine (C=N–C) groups is 1. The third-order valence-corrected chi connectivity index (χ3v) is 6.82. The van der Waals surface area contributed by atoms with Gasteiger partial charge in [-0.2, -0.15) is 0 Å². The molecule has 1 aliphatic rings. The molecule has 2 atom stereocenters. The monoisotopic (exact) mass is 570 g/mol. The van der Waals surface area contributed by atoms with Crippen LogP contribution in [0.1, 0.15) is 28.8 Å². The molecule has 0 aromatic carbocycles. The summed E-state index contributed by atoms with van der Waals surface area (Å²) in [7, 11) is 0. The standard InChI is InChI=1S/C19H27ClN4O2S2.HI/c1-2-21-19(23-13-15(25)17-5-6-18(20)28-17)22-12-14(16-4-3-11-27-16)24-7-9-26-10-8-24;/h3-6,11,14-15,25H,2,7-10,12-13H2,1H3,(H2,21,22,23);1H. The lowest BCUT2D eigenvalue weighted by Crippen LogP contribution is -2.42. The molecule has 2 unspecified atom stereocenters. The second kappa shape index (κ2) is 13.1. The zero-order valence-electron chi connectivity index (χ0n) is 16.3. The number of guanidine groups is 1. The fourth-order valence-electron chi connectivity index (χ4n) is 3.08. The summed E-state index contributed by atoms with van der Waals surface area (Å²) in [6, 6.07) is 8.15. The molecule has 6 nitrogen and oxygen atoms in total. The van der Waals surface area contributed by atoms with E-state index in [4.69, 9.17) is 21.3 Å². The van der Waals surface area contributed by atoms with E-state index >= 15 is 0 Å². The number of thiophene rings is 2. The van der Waals surface area contributed by atoms with E-state index in [9.17, 15) is 5.11 Å². The molecular formula is C19H28ClIN4O2S2. The Morgan fingerprint density at radius 2 is 2.07 bits per heavy atom. The summed E-state index contributed by atoms with van der Waals surface area (Å²) in [5.74, 6) is 0.707. The summed E-state index contributed by atoms with van der Waals surface area (Å²) >= 11 is 9.12. The number of aliphatic hydroxyl groups excluding tert-OH is 1. The van der Waals surface area contributed by atoms with Crippen molar-refractivity contribution < 1.29 is 9.84 Å². The molecule has 1 aliphatic heterocycles. The molecule has 1 saturated heterocycles. The van der Waals surface area contributed by atoms with Gasteiger partial charge in [0.25, 0.3) is 0 Å². The molecule has 0 aliphatic carbocycles. The Labute approximate surface area is 202 Å². The van der Waals surface area contributed by atoms with Crippen LogP contribution >= 0.6 is 58.3 Å². The van der Waals surface area contributed by atoms with Crippen LogP contribution in [0.2, 0.25) is 4.34 Å². The first kappa shape index (κ1) is 24.8. The lowest BCUT2D eigenvalue weighted by atomic mass is 10.2. The summed E-state index contributed by atoms with van der Waals surface area (Å²) in [6.07, 6.45) is -0.617. The van der Waals surface area contributed by atoms with E-state index < -0.39 is 6.10 Å². The highest BCUT2D eigenvalue weighted by molar-refractivity contribution is 14.0. The zero-order chi connectivity index (χ0) is 19.8. The van der Waals surface area contributed by atoms with Crippen LogP contribution in [-0.2, 0) is 4.74 Å². The van der Waals surface area contributed by atoms with Crippen molar-refractivity contribution in [2.75, 3.05) is 45.9 Å². The number of nitrogens with one attached hydrogen (secondary N) is 2. The average Bonchev–Trinajstić information content (AvgIpc) is 3.39. The van der Waals surface area contributed by atoms with Crippen LogP contribution < -0.4 is 10.6 Å². The predicted molar refractivity (Wildman–Crippen MR) is 133 cm³/mol. The molecule has 162 valence electrons. The maximum atomic E-state index is 10.4. The minimum absolute atomic E-state index is 0. The van der Waals surface area contributed by atoms with Crippen LogP contribution in [-0.4, -0.2) is 61.9 Å². The van der Waals surface area contributed by atoms with Gasteiger partial charge in [0.05, 0.1) is 30.1 Å². The highest BCUT2D eigenvalue weighted by atomic mass is 127. The van der Waals surface area contributed by atoms with Gasteiger partial charge in [0.15, 0.2) is 5.96 Å². The molecule has 10 heteroatoms. The molecule has 29 heavy (non-hydrogen) atoms. The Bertz CT molecular complexity index is 738. The first-order valence-electron chi connectivity index (χ1n) is 9.48. The van der Waals surface area contributed by atoms with Gasteiger partial charge in [-0.15, -0.1) is 46.7 Å². The Morgan fingerprint density at radius 1 is 1.28 bits per heavy atom. The zero-order valence-corrected chi connectivity index (χ0v) is 21.1. The van der Waals surface area contributed by atoms with Gasteiger partial charge in [0.2, 0.25) is 0 Å². The predicted octanol–water partition coefficient (Wildman–Crippen LogP) is 3.74. The maximum absolute atomic E-state index is 10.4. The van der Waals surface area contributed by atoms with Crippen molar-refractivity contribution in [2.24, 2.45) is 4.99 Å². The Kier molecular flexibility index (Phi) is 11.2. The van der Waals surface area contributed by atoms with Gasteiger partial charge >= 0.3 is 0 Å². The highest BCUT2D eigenvalue weighted by Crippen LogP contribution is 2.27. The van der Waals surface area contributed by atoms with Crippen molar-refractivity contribution in [3.05, 3.63) is 43.7 Å². The smallest absolute Gasteiger partial charge is 0.191 e. The van der Waals surface area contributed by atoms with Crippen molar-refractivity contribution in [1.29, 1.82) is 0 Å². The van der Waals surface area contributed by atoms with Gasteiger partial charge in [-0.05, 0) is 30.5 Å². The van der Waals surface area contributed by atoms with E-state index in [0.717, 1.165) is 37.7 Å². The molecule has 0 bridgehead atoms. The van der Waals surface area contributed by atoms with Crippen molar-refractivity contribution in [3.63, 3.8) is 0 Å². The van der Waals surface area contributed by atoms with E-state index in [0.29, 0.717) is 23.4 Å². The van der Waals surface area contributed by atoms with Gasteiger partial charge in [-0.1, -0.05) is 17.7 Å². The van der Waals surface area contributed by atoms with Gasteiger partial charge < -0.3 is 20.5 Å². The average molecular weight is 571 g/mol. The van der Waals surface area contributed by atoms with Gasteiger partial charge in [-0.25, -0.2) is 0 Å². The van der Waals surface area contributed by atoms with Crippen molar-refractivity contribution >= 4 is 64.2 Å². The summed E-state index contributed by atoms with van der Waals surface area (Å²) in [5, 5.41) is 19.0. The normalized spacial score (nSPS) is 17.4. The van der Waals surface area contributed by atoms with Crippen LogP contribution in [0.3, 0.4) is 0 Å². The number of morpholine rings is 1. The number of ether oxygens (including phenoxy) is 1. The summed E-state index contributed by atoms with van der Waals surface area (Å²) in [6.45, 7) is 7.18. The third kappa shape index (κ3) is 7.64. The highest BCUT2D eigenvalue weighted by Gasteiger charge is 2.23. The maximum Gasteiger partial charge on any atom is 0.191 e. The fraction of sp³-hybridized carbons (Fsp3) is 0.526. The SMILES string of the molecule is CCNC(=NCC(c1cccs1)N1CCOCC1)NCC(O)c1ccc(Cl)s1.I. The van der Waals surface area contributed by atoms with Gasteiger partial charge in [0, 0.05) is 35.9 Å². The van der Waals surface area contributed by atoms with Crippen LogP contribution in [0.15, 0.2) is 34.6 Å². The Morgan fingerprint density at radius 3 is 2.69 bits per heavy atom. The molecule has 0 saturated carbocycles. The minimum Gasteiger partial charge on any atom is -0.386 e. The second-order valence-corrected chi connectivity index (χ2v) is 9.16. The molecule has 3 heterocycles. The van der Waals surface area contributed by atoms with Crippen molar-refractivity contribution in [2.45, 2.75) is 19.1 Å². The Hall–Kier alpha value is -0.430. The molecule has 0 spiro atoms. The van der Waals surface area contributed by atoms with E-state index in [1.807, 2.05) is 13.0 Å². The molecule has 3 rings (SSSR count). The van der Waals surface area contributed by atoms with Gasteiger partial charge in [-0.3, -0.25) is 9.89 Å². The summed E-state index contributed by atoms with van der Waals surface area (Å²) < 4.78 is 6.18. The molecule has 2 aromatic heterocycles. The molecule has 0 radical (unpaired) electrons. The lowest BCUT2D eigenvalue weighted by molar-refractivity contribution is 0.0186. The van der Waals surface area contributed by atoms with Crippen LogP contribution in [0.5, 0.6) is 0 Å². The number of rotatable bonds is 8. The van der Waals surface area contributed by atoms with E-state index in [1.165, 1.54) is 16.2 Å². The molecule has 3 N–H and O–H groups in total. The van der Waals surface area contributed by atoms with E-state index in [1.54, 1.807) is 17.4 Å². The molecular weight excluding hydrogens is 543 g/mol. The minimum atomic E-state index is -0.617. The van der Waals surface area contributed by atoms with Crippen molar-refractivity contribution in [1.82, 2.24) is 15.5 Å². The molecule has 1 fully saturated rings. The van der Waals surface area contributed by atoms with Crippen LogP contribution in [0.25, 0.3) is 0 Å². The molecule has 2 aromatic rings. The number of nitrogens with zero attached hydrogens (tertiary/aromatic N) is 2. The summed E-state index contributed by atoms with van der Waals surface area (Å²) in [5.41, 5.74) is 0. The van der Waals surface area contributed by atoms with Gasteiger partial charge in [0.1, 0.15) is 6.10 Å². The van der Waals surface area contributed by atoms with E-state index in [2.05, 4.69) is 33.0 Å². The Balaban J connectivity index is 0.00000300. The van der Waals surface area contributed by atoms with Crippen LogP contribution in [0, 0.1) is 0 Å². The second-order valence-electron chi connectivity index (χ2n) is 6.44. The topological polar surface area (TPSA) is 69.1 Å². The third-order valence-electron chi connectivity index (χ3n) is 4.51. The quantitative estimate of drug-likeness (QED) is 0.256. The number of hydrogen-bond donors (Lipinski definition) is 3. The largest absolute Gasteiger partial charge is 0.386 e. The fourth-order valence-corrected chi connectivity index (χ4v) is 4.98. The van der Waals surface area contributed by atoms with Crippen LogP contribution in [0.4, 0.5) is 0 Å². The number of halogens is 2. The summed E-state index contributed by atoms with van der Waals surface area (Å²) in [4.78, 5) is 9.40. The lowest BCUT2D eigenvalue weighted by Gasteiger charge is -2.33. The number of hydrogen-bond acceptors (Lipinski definition) is 6. The van der Waals surface area contributed by atoms with E-state index in [-0.39, 0.29) is 30.0 Å². The molecule has 0 amide bonds. The van der Waals surface area contributed by atoms with Crippen molar-refractivity contribution in [3.8, 4) is 0 Å².